The van der Waals surface area contributed by atoms with E-state index in [4.69, 9.17) is 14.2 Å². The van der Waals surface area contributed by atoms with Crippen molar-refractivity contribution in [3.63, 3.8) is 0 Å². The molecule has 4 nitrogen and oxygen atoms in total. The van der Waals surface area contributed by atoms with Crippen molar-refractivity contribution in [3.05, 3.63) is 12.7 Å². The highest BCUT2D eigenvalue weighted by Crippen LogP contribution is 2.37. The van der Waals surface area contributed by atoms with Crippen molar-refractivity contribution in [1.82, 2.24) is 0 Å². The molecule has 2 heterocycles. The van der Waals surface area contributed by atoms with Crippen LogP contribution >= 0.6 is 0 Å². The summed E-state index contributed by atoms with van der Waals surface area (Å²) in [6, 6.07) is 0. The Hall–Kier alpha value is -0.420. The maximum Gasteiger partial charge on any atom is 0.184 e. The number of rotatable bonds is 1. The van der Waals surface area contributed by atoms with Crippen LogP contribution in [-0.2, 0) is 14.2 Å². The van der Waals surface area contributed by atoms with Crippen LogP contribution in [0.4, 0.5) is 0 Å². The van der Waals surface area contributed by atoms with Gasteiger partial charge in [0.2, 0.25) is 0 Å². The van der Waals surface area contributed by atoms with E-state index in [0.29, 0.717) is 0 Å². The van der Waals surface area contributed by atoms with Crippen molar-refractivity contribution in [3.8, 4) is 0 Å². The smallest absolute Gasteiger partial charge is 0.184 e. The minimum Gasteiger partial charge on any atom is -0.366 e. The summed E-state index contributed by atoms with van der Waals surface area (Å²) in [5, 5.41) is 9.46. The Morgan fingerprint density at radius 3 is 2.54 bits per heavy atom. The second-order valence-electron chi connectivity index (χ2n) is 3.79. The lowest BCUT2D eigenvalue weighted by Gasteiger charge is -2.21. The lowest BCUT2D eigenvalue weighted by atomic mass is 10.1. The van der Waals surface area contributed by atoms with Gasteiger partial charge in [-0.3, -0.25) is 0 Å². The molecule has 0 aromatic rings. The van der Waals surface area contributed by atoms with E-state index in [1.807, 2.05) is 13.8 Å². The van der Waals surface area contributed by atoms with Gasteiger partial charge in [0.15, 0.2) is 12.1 Å². The number of hydrogen-bond acceptors (Lipinski definition) is 4. The third kappa shape index (κ3) is 1.40. The Morgan fingerprint density at radius 2 is 1.92 bits per heavy atom. The molecule has 2 saturated heterocycles. The first-order chi connectivity index (χ1) is 6.03. The molecule has 0 aliphatic carbocycles. The number of hydrogen-bond donors (Lipinski definition) is 1. The molecule has 0 aromatic heterocycles. The van der Waals surface area contributed by atoms with Crippen LogP contribution in [0.3, 0.4) is 0 Å². The molecule has 74 valence electrons. The highest BCUT2D eigenvalue weighted by atomic mass is 16.8. The van der Waals surface area contributed by atoms with Gasteiger partial charge in [0.05, 0.1) is 0 Å². The van der Waals surface area contributed by atoms with Crippen LogP contribution in [0.2, 0.25) is 0 Å². The van der Waals surface area contributed by atoms with E-state index < -0.39 is 18.2 Å². The third-order valence-corrected chi connectivity index (χ3v) is 2.30. The van der Waals surface area contributed by atoms with E-state index in [1.165, 1.54) is 0 Å². The van der Waals surface area contributed by atoms with E-state index in [-0.39, 0.29) is 12.2 Å². The highest BCUT2D eigenvalue weighted by molar-refractivity contribution is 5.01. The Kier molecular flexibility index (Phi) is 1.96. The first-order valence-electron chi connectivity index (χ1n) is 4.35. The van der Waals surface area contributed by atoms with Gasteiger partial charge in [-0.15, -0.1) is 6.58 Å². The lowest BCUT2D eigenvalue weighted by molar-refractivity contribution is -0.214. The van der Waals surface area contributed by atoms with Crippen molar-refractivity contribution < 1.29 is 19.3 Å². The summed E-state index contributed by atoms with van der Waals surface area (Å²) in [5.74, 6) is -0.638. The first-order valence-corrected chi connectivity index (χ1v) is 4.35. The molecule has 0 spiro atoms. The van der Waals surface area contributed by atoms with Gasteiger partial charge < -0.3 is 19.3 Å². The van der Waals surface area contributed by atoms with E-state index >= 15 is 0 Å². The van der Waals surface area contributed by atoms with Crippen LogP contribution in [0.15, 0.2) is 12.7 Å². The van der Waals surface area contributed by atoms with Gasteiger partial charge in [0.1, 0.15) is 18.3 Å². The fourth-order valence-corrected chi connectivity index (χ4v) is 1.80. The zero-order valence-electron chi connectivity index (χ0n) is 7.77. The fraction of sp³-hybridized carbons (Fsp3) is 0.778. The fourth-order valence-electron chi connectivity index (χ4n) is 1.80. The van der Waals surface area contributed by atoms with Crippen molar-refractivity contribution >= 4 is 0 Å². The molecular formula is C9H14O4. The van der Waals surface area contributed by atoms with Gasteiger partial charge in [0, 0.05) is 0 Å². The predicted octanol–water partition coefficient (Wildman–Crippen LogP) is 0.410. The molecular weight excluding hydrogens is 172 g/mol. The number of aliphatic hydroxyl groups excluding tert-OH is 1. The number of aliphatic hydroxyl groups is 1. The maximum absolute atomic E-state index is 9.46. The topological polar surface area (TPSA) is 47.9 Å². The summed E-state index contributed by atoms with van der Waals surface area (Å²) in [7, 11) is 0. The largest absolute Gasteiger partial charge is 0.366 e. The van der Waals surface area contributed by atoms with Gasteiger partial charge in [0.25, 0.3) is 0 Å². The van der Waals surface area contributed by atoms with Crippen molar-refractivity contribution in [2.75, 3.05) is 0 Å². The van der Waals surface area contributed by atoms with Crippen LogP contribution in [0, 0.1) is 0 Å². The predicted molar refractivity (Wildman–Crippen MR) is 44.9 cm³/mol. The van der Waals surface area contributed by atoms with Crippen molar-refractivity contribution in [2.24, 2.45) is 0 Å². The molecule has 2 rings (SSSR count). The number of fused-ring (bicyclic) bond motifs is 1. The average Bonchev–Trinajstić information content (AvgIpc) is 2.47. The summed E-state index contributed by atoms with van der Waals surface area (Å²) in [6.07, 6.45) is -0.185. The second-order valence-corrected chi connectivity index (χ2v) is 3.79. The molecule has 0 amide bonds. The summed E-state index contributed by atoms with van der Waals surface area (Å²) in [5.41, 5.74) is 0. The zero-order valence-corrected chi connectivity index (χ0v) is 7.77. The SMILES string of the molecule is C=C[C@@H]1OC(O)[C@@H]2OC(C)(C)OC21. The van der Waals surface area contributed by atoms with Crippen LogP contribution < -0.4 is 0 Å². The lowest BCUT2D eigenvalue weighted by Crippen LogP contribution is -2.29. The molecule has 13 heavy (non-hydrogen) atoms. The highest BCUT2D eigenvalue weighted by Gasteiger charge is 2.53. The molecule has 1 N–H and O–H groups in total. The normalized spacial score (nSPS) is 47.6. The van der Waals surface area contributed by atoms with E-state index in [1.54, 1.807) is 6.08 Å². The maximum atomic E-state index is 9.46. The van der Waals surface area contributed by atoms with Crippen LogP contribution in [-0.4, -0.2) is 35.5 Å². The first kappa shape index (κ1) is 9.15. The molecule has 0 bridgehead atoms. The van der Waals surface area contributed by atoms with Crippen molar-refractivity contribution in [2.45, 2.75) is 44.2 Å². The monoisotopic (exact) mass is 186 g/mol. The standard InChI is InChI=1S/C9H14O4/c1-4-5-6-7(8(10)11-5)13-9(2,3)12-6/h4-8,10H,1H2,2-3H3/t5-,6?,7+,8?/m0/s1. The molecule has 4 atom stereocenters. The molecule has 2 unspecified atom stereocenters. The molecule has 0 aromatic carbocycles. The molecule has 2 aliphatic rings. The summed E-state index contributed by atoms with van der Waals surface area (Å²) >= 11 is 0. The van der Waals surface area contributed by atoms with E-state index in [9.17, 15) is 5.11 Å². The van der Waals surface area contributed by atoms with Gasteiger partial charge in [-0.1, -0.05) is 6.08 Å². The minimum absolute atomic E-state index is 0.234. The minimum atomic E-state index is -0.908. The molecule has 2 aliphatic heterocycles. The van der Waals surface area contributed by atoms with Crippen LogP contribution in [0.25, 0.3) is 0 Å². The molecule has 0 radical (unpaired) electrons. The molecule has 2 fully saturated rings. The van der Waals surface area contributed by atoms with Gasteiger partial charge in [-0.2, -0.15) is 0 Å². The summed E-state index contributed by atoms with van der Waals surface area (Å²) < 4.78 is 16.2. The molecule has 0 saturated carbocycles. The molecule has 4 heteroatoms. The second kappa shape index (κ2) is 2.78. The summed E-state index contributed by atoms with van der Waals surface area (Å²) in [4.78, 5) is 0. The van der Waals surface area contributed by atoms with E-state index in [2.05, 4.69) is 6.58 Å². The quantitative estimate of drug-likeness (QED) is 0.602. The van der Waals surface area contributed by atoms with Gasteiger partial charge in [-0.25, -0.2) is 0 Å². The van der Waals surface area contributed by atoms with Crippen molar-refractivity contribution in [1.29, 1.82) is 0 Å². The van der Waals surface area contributed by atoms with Gasteiger partial charge >= 0.3 is 0 Å². The Balaban J connectivity index is 2.17. The Labute approximate surface area is 77.1 Å². The Bertz CT molecular complexity index is 226. The average molecular weight is 186 g/mol. The Morgan fingerprint density at radius 1 is 1.31 bits per heavy atom. The number of ether oxygens (including phenoxy) is 3. The van der Waals surface area contributed by atoms with Gasteiger partial charge in [-0.05, 0) is 13.8 Å². The zero-order chi connectivity index (χ0) is 9.64. The van der Waals surface area contributed by atoms with Crippen LogP contribution in [0.1, 0.15) is 13.8 Å². The van der Waals surface area contributed by atoms with E-state index in [0.717, 1.165) is 0 Å². The summed E-state index contributed by atoms with van der Waals surface area (Å²) in [6.45, 7) is 7.25. The third-order valence-electron chi connectivity index (χ3n) is 2.30. The van der Waals surface area contributed by atoms with Crippen LogP contribution in [0.5, 0.6) is 0 Å².